The quantitative estimate of drug-likeness (QED) is 0.699. The molecule has 0 bridgehead atoms. The van der Waals surface area contributed by atoms with Gasteiger partial charge in [-0.15, -0.1) is 5.10 Å². The predicted molar refractivity (Wildman–Crippen MR) is 47.7 cm³/mol. The van der Waals surface area contributed by atoms with Crippen LogP contribution >= 0.6 is 0 Å². The van der Waals surface area contributed by atoms with Gasteiger partial charge in [0.25, 0.3) is 0 Å². The molecular weight excluding hydrogens is 152 g/mol. The molecule has 0 saturated heterocycles. The summed E-state index contributed by atoms with van der Waals surface area (Å²) in [5.74, 6) is 0. The Balaban J connectivity index is 2.41. The van der Waals surface area contributed by atoms with Gasteiger partial charge in [0.05, 0.1) is 5.69 Å². The van der Waals surface area contributed by atoms with Gasteiger partial charge in [0.2, 0.25) is 0 Å². The third-order valence-electron chi connectivity index (χ3n) is 1.68. The first-order valence-electron chi connectivity index (χ1n) is 4.46. The van der Waals surface area contributed by atoms with E-state index >= 15 is 0 Å². The Morgan fingerprint density at radius 1 is 1.58 bits per heavy atom. The fraction of sp³-hybridized carbons (Fsp3) is 0.750. The maximum Gasteiger partial charge on any atom is 0.0827 e. The van der Waals surface area contributed by atoms with Crippen LogP contribution in [0.4, 0.5) is 0 Å². The van der Waals surface area contributed by atoms with Crippen molar-refractivity contribution in [3.05, 3.63) is 11.9 Å². The van der Waals surface area contributed by atoms with Gasteiger partial charge in [0.15, 0.2) is 0 Å². The molecule has 0 fully saturated rings. The number of rotatable bonds is 5. The Hall–Kier alpha value is -0.900. The van der Waals surface area contributed by atoms with E-state index in [-0.39, 0.29) is 0 Å². The van der Waals surface area contributed by atoms with Crippen LogP contribution in [0.25, 0.3) is 0 Å². The number of aryl methyl sites for hydroxylation is 2. The first kappa shape index (κ1) is 9.19. The zero-order chi connectivity index (χ0) is 8.81. The Bertz CT molecular complexity index is 219. The van der Waals surface area contributed by atoms with Gasteiger partial charge in [0.1, 0.15) is 0 Å². The highest BCUT2D eigenvalue weighted by Gasteiger charge is 1.97. The van der Waals surface area contributed by atoms with Crippen molar-refractivity contribution >= 4 is 0 Å². The van der Waals surface area contributed by atoms with Gasteiger partial charge >= 0.3 is 0 Å². The lowest BCUT2D eigenvalue weighted by atomic mass is 10.3. The molecule has 0 aliphatic rings. The lowest BCUT2D eigenvalue weighted by Crippen LogP contribution is -2.06. The van der Waals surface area contributed by atoms with Crippen molar-refractivity contribution in [2.24, 2.45) is 5.73 Å². The summed E-state index contributed by atoms with van der Waals surface area (Å²) in [6.45, 7) is 3.73. The van der Waals surface area contributed by atoms with Crippen LogP contribution in [0, 0.1) is 0 Å². The lowest BCUT2D eigenvalue weighted by molar-refractivity contribution is 0.564. The molecule has 0 aliphatic carbocycles. The highest BCUT2D eigenvalue weighted by atomic mass is 15.4. The molecule has 1 heterocycles. The predicted octanol–water partition coefficient (Wildman–Crippen LogP) is 0.579. The molecule has 0 aromatic carbocycles. The summed E-state index contributed by atoms with van der Waals surface area (Å²) >= 11 is 0. The topological polar surface area (TPSA) is 56.7 Å². The van der Waals surface area contributed by atoms with Crippen molar-refractivity contribution in [2.45, 2.75) is 32.7 Å². The maximum atomic E-state index is 5.38. The minimum absolute atomic E-state index is 0.711. The summed E-state index contributed by atoms with van der Waals surface area (Å²) in [5.41, 5.74) is 6.46. The molecule has 68 valence electrons. The van der Waals surface area contributed by atoms with Gasteiger partial charge in [-0.05, 0) is 19.4 Å². The summed E-state index contributed by atoms with van der Waals surface area (Å²) in [6.07, 6.45) is 5.10. The van der Waals surface area contributed by atoms with Crippen LogP contribution < -0.4 is 5.73 Å². The SMILES string of the molecule is CCCc1cn(CCCN)nn1. The standard InChI is InChI=1S/C8H16N4/c1-2-4-8-7-12(11-10-8)6-3-5-9/h7H,2-6,9H2,1H3. The average molecular weight is 168 g/mol. The van der Waals surface area contributed by atoms with Gasteiger partial charge in [-0.1, -0.05) is 18.6 Å². The molecule has 2 N–H and O–H groups in total. The normalized spacial score (nSPS) is 10.5. The van der Waals surface area contributed by atoms with Crippen LogP contribution in [0.2, 0.25) is 0 Å². The van der Waals surface area contributed by atoms with Crippen molar-refractivity contribution in [1.29, 1.82) is 0 Å². The Morgan fingerprint density at radius 2 is 2.42 bits per heavy atom. The van der Waals surface area contributed by atoms with Crippen LogP contribution in [-0.4, -0.2) is 21.5 Å². The van der Waals surface area contributed by atoms with Crippen molar-refractivity contribution in [1.82, 2.24) is 15.0 Å². The second kappa shape index (κ2) is 4.87. The van der Waals surface area contributed by atoms with E-state index in [1.807, 2.05) is 10.9 Å². The fourth-order valence-electron chi connectivity index (χ4n) is 1.07. The van der Waals surface area contributed by atoms with Gasteiger partial charge in [-0.3, -0.25) is 4.68 Å². The van der Waals surface area contributed by atoms with Gasteiger partial charge in [-0.25, -0.2) is 0 Å². The van der Waals surface area contributed by atoms with Crippen LogP contribution in [-0.2, 0) is 13.0 Å². The highest BCUT2D eigenvalue weighted by molar-refractivity contribution is 4.91. The zero-order valence-electron chi connectivity index (χ0n) is 7.53. The molecular formula is C8H16N4. The molecule has 0 unspecified atom stereocenters. The van der Waals surface area contributed by atoms with E-state index in [0.717, 1.165) is 31.5 Å². The molecule has 1 rings (SSSR count). The van der Waals surface area contributed by atoms with Crippen LogP contribution in [0.15, 0.2) is 6.20 Å². The monoisotopic (exact) mass is 168 g/mol. The molecule has 1 aromatic heterocycles. The second-order valence-electron chi connectivity index (χ2n) is 2.87. The lowest BCUT2D eigenvalue weighted by Gasteiger charge is -1.95. The second-order valence-corrected chi connectivity index (χ2v) is 2.87. The molecule has 4 nitrogen and oxygen atoms in total. The summed E-state index contributed by atoms with van der Waals surface area (Å²) in [4.78, 5) is 0. The van der Waals surface area contributed by atoms with Crippen molar-refractivity contribution in [2.75, 3.05) is 6.54 Å². The average Bonchev–Trinajstić information content (AvgIpc) is 2.50. The third-order valence-corrected chi connectivity index (χ3v) is 1.68. The van der Waals surface area contributed by atoms with E-state index in [0.29, 0.717) is 6.54 Å². The van der Waals surface area contributed by atoms with Crippen LogP contribution in [0.5, 0.6) is 0 Å². The summed E-state index contributed by atoms with van der Waals surface area (Å²) < 4.78 is 1.86. The summed E-state index contributed by atoms with van der Waals surface area (Å²) in [6, 6.07) is 0. The summed E-state index contributed by atoms with van der Waals surface area (Å²) in [7, 11) is 0. The molecule has 0 spiro atoms. The molecule has 0 amide bonds. The molecule has 4 heteroatoms. The van der Waals surface area contributed by atoms with E-state index < -0.39 is 0 Å². The van der Waals surface area contributed by atoms with Gasteiger partial charge in [-0.2, -0.15) is 0 Å². The van der Waals surface area contributed by atoms with Crippen molar-refractivity contribution < 1.29 is 0 Å². The van der Waals surface area contributed by atoms with E-state index in [4.69, 9.17) is 5.73 Å². The van der Waals surface area contributed by atoms with Gasteiger partial charge in [0, 0.05) is 12.7 Å². The Labute approximate surface area is 72.8 Å². The summed E-state index contributed by atoms with van der Waals surface area (Å²) in [5, 5.41) is 8.01. The highest BCUT2D eigenvalue weighted by Crippen LogP contribution is 1.97. The van der Waals surface area contributed by atoms with E-state index in [1.165, 1.54) is 0 Å². The zero-order valence-corrected chi connectivity index (χ0v) is 7.53. The maximum absolute atomic E-state index is 5.38. The minimum atomic E-state index is 0.711. The Kier molecular flexibility index (Phi) is 3.73. The minimum Gasteiger partial charge on any atom is -0.330 e. The van der Waals surface area contributed by atoms with Crippen molar-refractivity contribution in [3.8, 4) is 0 Å². The number of nitrogens with zero attached hydrogens (tertiary/aromatic N) is 3. The number of hydrogen-bond donors (Lipinski definition) is 1. The molecule has 0 radical (unpaired) electrons. The first-order chi connectivity index (χ1) is 5.86. The number of aromatic nitrogens is 3. The molecule has 0 atom stereocenters. The van der Waals surface area contributed by atoms with Crippen LogP contribution in [0.3, 0.4) is 0 Å². The van der Waals surface area contributed by atoms with E-state index in [2.05, 4.69) is 17.2 Å². The van der Waals surface area contributed by atoms with Crippen LogP contribution in [0.1, 0.15) is 25.5 Å². The third kappa shape index (κ3) is 2.62. The fourth-order valence-corrected chi connectivity index (χ4v) is 1.07. The molecule has 0 aliphatic heterocycles. The number of hydrogen-bond acceptors (Lipinski definition) is 3. The molecule has 1 aromatic rings. The van der Waals surface area contributed by atoms with Crippen molar-refractivity contribution in [3.63, 3.8) is 0 Å². The Morgan fingerprint density at radius 3 is 3.08 bits per heavy atom. The van der Waals surface area contributed by atoms with E-state index in [1.54, 1.807) is 0 Å². The number of nitrogens with two attached hydrogens (primary N) is 1. The van der Waals surface area contributed by atoms with Gasteiger partial charge < -0.3 is 5.73 Å². The molecule has 0 saturated carbocycles. The smallest absolute Gasteiger partial charge is 0.0827 e. The first-order valence-corrected chi connectivity index (χ1v) is 4.46. The largest absolute Gasteiger partial charge is 0.330 e. The van der Waals surface area contributed by atoms with E-state index in [9.17, 15) is 0 Å². The molecule has 12 heavy (non-hydrogen) atoms.